The highest BCUT2D eigenvalue weighted by Crippen LogP contribution is 2.19. The zero-order valence-corrected chi connectivity index (χ0v) is 14.1. The Labute approximate surface area is 138 Å². The van der Waals surface area contributed by atoms with E-state index in [4.69, 9.17) is 4.74 Å². The van der Waals surface area contributed by atoms with Crippen LogP contribution in [0.25, 0.3) is 0 Å². The van der Waals surface area contributed by atoms with Crippen LogP contribution < -0.4 is 11.2 Å². The van der Waals surface area contributed by atoms with E-state index in [1.54, 1.807) is 25.4 Å². The lowest BCUT2D eigenvalue weighted by Gasteiger charge is -2.27. The third-order valence-electron chi connectivity index (χ3n) is 3.89. The average Bonchev–Trinajstić information content (AvgIpc) is 2.60. The maximum atomic E-state index is 12.8. The van der Waals surface area contributed by atoms with E-state index in [-0.39, 0.29) is 12.3 Å². The lowest BCUT2D eigenvalue weighted by atomic mass is 10.1. The number of likely N-dealkylation sites (N-methyl/N-ethyl adjacent to an activating group) is 1. The van der Waals surface area contributed by atoms with Gasteiger partial charge in [-0.1, -0.05) is 6.07 Å². The highest BCUT2D eigenvalue weighted by atomic mass is 16.5. The van der Waals surface area contributed by atoms with Gasteiger partial charge in [-0.3, -0.25) is 23.7 Å². The van der Waals surface area contributed by atoms with Crippen molar-refractivity contribution < 1.29 is 9.53 Å². The maximum Gasteiger partial charge on any atom is 0.331 e. The normalized spacial score (nSPS) is 12.0. The molecule has 2 aromatic rings. The number of rotatable bonds is 5. The smallest absolute Gasteiger partial charge is 0.331 e. The molecule has 0 aliphatic rings. The molecule has 0 radical (unpaired) electrons. The number of hydrogen-bond donors (Lipinski definition) is 0. The molecule has 1 atom stereocenters. The van der Waals surface area contributed by atoms with Crippen molar-refractivity contribution in [2.24, 2.45) is 14.1 Å². The van der Waals surface area contributed by atoms with Crippen LogP contribution in [0.2, 0.25) is 0 Å². The summed E-state index contributed by atoms with van der Waals surface area (Å²) >= 11 is 0. The van der Waals surface area contributed by atoms with Crippen molar-refractivity contribution in [2.45, 2.75) is 6.04 Å². The molecule has 2 heterocycles. The number of carbonyl (C=O) groups is 1. The van der Waals surface area contributed by atoms with Crippen LogP contribution in [0.1, 0.15) is 22.2 Å². The van der Waals surface area contributed by atoms with Gasteiger partial charge < -0.3 is 9.64 Å². The van der Waals surface area contributed by atoms with Crippen molar-refractivity contribution in [1.82, 2.24) is 19.0 Å². The number of hydrogen-bond acceptors (Lipinski definition) is 5. The zero-order valence-electron chi connectivity index (χ0n) is 14.1. The third-order valence-corrected chi connectivity index (χ3v) is 3.89. The first kappa shape index (κ1) is 17.6. The molecule has 0 N–H and O–H groups in total. The van der Waals surface area contributed by atoms with Crippen LogP contribution >= 0.6 is 0 Å². The Balaban J connectivity index is 2.44. The number of nitrogens with zero attached hydrogens (tertiary/aromatic N) is 4. The van der Waals surface area contributed by atoms with E-state index in [2.05, 4.69) is 4.98 Å². The van der Waals surface area contributed by atoms with E-state index in [0.717, 1.165) is 15.2 Å². The standard InChI is InChI=1S/C16H20N4O4/c1-18(13(10-24-4)11-7-5-6-8-17-11)15(22)12-9-14(21)20(3)16(23)19(12)2/h5-9,13H,10H2,1-4H3. The van der Waals surface area contributed by atoms with Crippen molar-refractivity contribution in [2.75, 3.05) is 20.8 Å². The SMILES string of the molecule is COCC(c1ccccn1)N(C)C(=O)c1cc(=O)n(C)c(=O)n1C. The van der Waals surface area contributed by atoms with Gasteiger partial charge in [0.2, 0.25) is 0 Å². The lowest BCUT2D eigenvalue weighted by Crippen LogP contribution is -2.43. The predicted octanol–water partition coefficient (Wildman–Crippen LogP) is -0.0613. The van der Waals surface area contributed by atoms with Crippen molar-refractivity contribution in [3.8, 4) is 0 Å². The molecule has 2 aromatic heterocycles. The summed E-state index contributed by atoms with van der Waals surface area (Å²) in [5.41, 5.74) is -0.414. The third kappa shape index (κ3) is 3.28. The fourth-order valence-corrected chi connectivity index (χ4v) is 2.39. The first-order chi connectivity index (χ1) is 11.4. The Bertz CT molecular complexity index is 841. The number of amides is 1. The molecule has 8 heteroatoms. The van der Waals surface area contributed by atoms with Crippen molar-refractivity contribution >= 4 is 5.91 Å². The van der Waals surface area contributed by atoms with Gasteiger partial charge in [-0.05, 0) is 12.1 Å². The van der Waals surface area contributed by atoms with Crippen LogP contribution in [-0.2, 0) is 18.8 Å². The van der Waals surface area contributed by atoms with E-state index < -0.39 is 23.2 Å². The van der Waals surface area contributed by atoms with Gasteiger partial charge in [-0.25, -0.2) is 4.79 Å². The summed E-state index contributed by atoms with van der Waals surface area (Å²) in [7, 11) is 5.93. The Kier molecular flexibility index (Phi) is 5.30. The summed E-state index contributed by atoms with van der Waals surface area (Å²) < 4.78 is 7.30. The molecule has 0 spiro atoms. The molecular formula is C16H20N4O4. The molecular weight excluding hydrogens is 312 g/mol. The number of carbonyl (C=O) groups excluding carboxylic acids is 1. The monoisotopic (exact) mass is 332 g/mol. The minimum atomic E-state index is -0.555. The molecule has 2 rings (SSSR count). The largest absolute Gasteiger partial charge is 0.382 e. The predicted molar refractivity (Wildman–Crippen MR) is 87.9 cm³/mol. The van der Waals surface area contributed by atoms with Crippen molar-refractivity contribution in [1.29, 1.82) is 0 Å². The second-order valence-electron chi connectivity index (χ2n) is 5.41. The van der Waals surface area contributed by atoms with E-state index in [0.29, 0.717) is 5.69 Å². The molecule has 0 saturated carbocycles. The molecule has 0 aromatic carbocycles. The number of methoxy groups -OCH3 is 1. The average molecular weight is 332 g/mol. The summed E-state index contributed by atoms with van der Waals surface area (Å²) in [5.74, 6) is -0.458. The van der Waals surface area contributed by atoms with Crippen LogP contribution in [0.5, 0.6) is 0 Å². The van der Waals surface area contributed by atoms with Gasteiger partial charge in [0.05, 0.1) is 18.3 Å². The summed E-state index contributed by atoms with van der Waals surface area (Å²) in [6.45, 7) is 0.234. The van der Waals surface area contributed by atoms with Crippen LogP contribution in [-0.4, -0.2) is 45.7 Å². The van der Waals surface area contributed by atoms with Gasteiger partial charge in [0.1, 0.15) is 5.69 Å². The summed E-state index contributed by atoms with van der Waals surface area (Å²) in [4.78, 5) is 42.3. The van der Waals surface area contributed by atoms with Gasteiger partial charge in [-0.15, -0.1) is 0 Å². The highest BCUT2D eigenvalue weighted by molar-refractivity contribution is 5.92. The first-order valence-corrected chi connectivity index (χ1v) is 7.32. The highest BCUT2D eigenvalue weighted by Gasteiger charge is 2.26. The van der Waals surface area contributed by atoms with Gasteiger partial charge in [0.25, 0.3) is 11.5 Å². The second kappa shape index (κ2) is 7.22. The Morgan fingerprint density at radius 2 is 2.00 bits per heavy atom. The van der Waals surface area contributed by atoms with Crippen LogP contribution in [0, 0.1) is 0 Å². The molecule has 0 aliphatic heterocycles. The maximum absolute atomic E-state index is 12.8. The molecule has 0 bridgehead atoms. The minimum absolute atomic E-state index is 0.0163. The molecule has 24 heavy (non-hydrogen) atoms. The van der Waals surface area contributed by atoms with Crippen LogP contribution in [0.4, 0.5) is 0 Å². The number of pyridine rings is 1. The zero-order chi connectivity index (χ0) is 17.9. The molecule has 8 nitrogen and oxygen atoms in total. The van der Waals surface area contributed by atoms with Gasteiger partial charge in [-0.2, -0.15) is 0 Å². The Morgan fingerprint density at radius 3 is 2.58 bits per heavy atom. The second-order valence-corrected chi connectivity index (χ2v) is 5.41. The first-order valence-electron chi connectivity index (χ1n) is 7.32. The fraction of sp³-hybridized carbons (Fsp3) is 0.375. The van der Waals surface area contributed by atoms with E-state index in [1.807, 2.05) is 6.07 Å². The summed E-state index contributed by atoms with van der Waals surface area (Å²) in [5, 5.41) is 0. The topological polar surface area (TPSA) is 86.4 Å². The number of ether oxygens (including phenoxy) is 1. The summed E-state index contributed by atoms with van der Waals surface area (Å²) in [6, 6.07) is 6.10. The Morgan fingerprint density at radius 1 is 1.29 bits per heavy atom. The van der Waals surface area contributed by atoms with Gasteiger partial charge in [0, 0.05) is 40.5 Å². The van der Waals surface area contributed by atoms with E-state index >= 15 is 0 Å². The van der Waals surface area contributed by atoms with Crippen LogP contribution in [0.15, 0.2) is 40.1 Å². The van der Waals surface area contributed by atoms with Gasteiger partial charge in [0.15, 0.2) is 0 Å². The summed E-state index contributed by atoms with van der Waals surface area (Å²) in [6.07, 6.45) is 1.63. The minimum Gasteiger partial charge on any atom is -0.382 e. The molecule has 1 amide bonds. The molecule has 0 saturated heterocycles. The molecule has 0 aliphatic carbocycles. The van der Waals surface area contributed by atoms with E-state index in [9.17, 15) is 14.4 Å². The molecule has 128 valence electrons. The molecule has 1 unspecified atom stereocenters. The van der Waals surface area contributed by atoms with E-state index in [1.165, 1.54) is 26.1 Å². The van der Waals surface area contributed by atoms with Crippen molar-refractivity contribution in [3.63, 3.8) is 0 Å². The quantitative estimate of drug-likeness (QED) is 0.765. The number of aromatic nitrogens is 3. The fourth-order valence-electron chi connectivity index (χ4n) is 2.39. The molecule has 0 fully saturated rings. The van der Waals surface area contributed by atoms with Gasteiger partial charge >= 0.3 is 5.69 Å². The van der Waals surface area contributed by atoms with Crippen molar-refractivity contribution in [3.05, 3.63) is 62.7 Å². The lowest BCUT2D eigenvalue weighted by molar-refractivity contribution is 0.0584. The Hall–Kier alpha value is -2.74. The van der Waals surface area contributed by atoms with Crippen LogP contribution in [0.3, 0.4) is 0 Å².